The molecule has 4 nitrogen and oxygen atoms in total. The van der Waals surface area contributed by atoms with Crippen LogP contribution in [0.2, 0.25) is 5.02 Å². The number of amides is 1. The van der Waals surface area contributed by atoms with Crippen molar-refractivity contribution in [3.05, 3.63) is 34.6 Å². The molecule has 0 heterocycles. The molecule has 118 valence electrons. The van der Waals surface area contributed by atoms with Gasteiger partial charge in [0.25, 0.3) is 0 Å². The first-order valence-corrected chi connectivity index (χ1v) is 7.27. The summed E-state index contributed by atoms with van der Waals surface area (Å²) in [5.74, 6) is -0.318. The van der Waals surface area contributed by atoms with Gasteiger partial charge in [-0.1, -0.05) is 17.7 Å². The van der Waals surface area contributed by atoms with Crippen LogP contribution >= 0.6 is 11.6 Å². The lowest BCUT2D eigenvalue weighted by Crippen LogP contribution is -2.33. The van der Waals surface area contributed by atoms with Crippen molar-refractivity contribution in [3.8, 4) is 0 Å². The number of benzene rings is 1. The van der Waals surface area contributed by atoms with Crippen molar-refractivity contribution in [2.75, 3.05) is 13.1 Å². The van der Waals surface area contributed by atoms with Crippen molar-refractivity contribution >= 4 is 17.7 Å². The van der Waals surface area contributed by atoms with Gasteiger partial charge in [0.15, 0.2) is 0 Å². The molecule has 21 heavy (non-hydrogen) atoms. The Morgan fingerprint density at radius 3 is 2.67 bits per heavy atom. The molecule has 0 aliphatic rings. The molecule has 0 radical (unpaired) electrons. The topological polar surface area (TPSA) is 50.4 Å². The molecule has 0 aliphatic heterocycles. The number of carbonyl (C=O) groups is 1. The first kappa shape index (κ1) is 17.7. The molecule has 0 saturated heterocycles. The van der Waals surface area contributed by atoms with Gasteiger partial charge in [-0.05, 0) is 45.9 Å². The highest BCUT2D eigenvalue weighted by atomic mass is 35.5. The van der Waals surface area contributed by atoms with Crippen LogP contribution in [0.25, 0.3) is 0 Å². The van der Waals surface area contributed by atoms with E-state index in [-0.39, 0.29) is 5.82 Å². The number of carbonyl (C=O) groups excluding carboxylic acids is 1. The summed E-state index contributed by atoms with van der Waals surface area (Å²) >= 11 is 5.68. The average Bonchev–Trinajstić information content (AvgIpc) is 2.33. The van der Waals surface area contributed by atoms with Crippen molar-refractivity contribution in [2.45, 2.75) is 39.3 Å². The van der Waals surface area contributed by atoms with Gasteiger partial charge >= 0.3 is 6.09 Å². The normalized spacial score (nSPS) is 11.3. The number of rotatable bonds is 6. The molecule has 0 saturated carbocycles. The third-order valence-corrected chi connectivity index (χ3v) is 2.76. The predicted molar refractivity (Wildman–Crippen MR) is 82.0 cm³/mol. The minimum atomic E-state index is -0.492. The van der Waals surface area contributed by atoms with Crippen LogP contribution in [-0.4, -0.2) is 24.8 Å². The second-order valence-corrected chi connectivity index (χ2v) is 6.13. The van der Waals surface area contributed by atoms with Gasteiger partial charge in [0.05, 0.1) is 0 Å². The molecule has 6 heteroatoms. The van der Waals surface area contributed by atoms with E-state index < -0.39 is 11.7 Å². The molecule has 0 atom stereocenters. The fraction of sp³-hybridized carbons (Fsp3) is 0.533. The van der Waals surface area contributed by atoms with Crippen LogP contribution in [0, 0.1) is 5.82 Å². The summed E-state index contributed by atoms with van der Waals surface area (Å²) in [7, 11) is 0. The van der Waals surface area contributed by atoms with E-state index in [9.17, 15) is 9.18 Å². The number of alkyl carbamates (subject to hydrolysis) is 1. The lowest BCUT2D eigenvalue weighted by atomic mass is 10.2. The summed E-state index contributed by atoms with van der Waals surface area (Å²) in [6, 6.07) is 4.61. The Kier molecular flexibility index (Phi) is 6.92. The Hall–Kier alpha value is -1.33. The van der Waals surface area contributed by atoms with E-state index in [2.05, 4.69) is 10.6 Å². The zero-order chi connectivity index (χ0) is 15.9. The maximum atomic E-state index is 13.5. The van der Waals surface area contributed by atoms with E-state index in [0.717, 1.165) is 6.42 Å². The summed E-state index contributed by atoms with van der Waals surface area (Å²) in [4.78, 5) is 11.4. The highest BCUT2D eigenvalue weighted by molar-refractivity contribution is 6.30. The van der Waals surface area contributed by atoms with Crippen molar-refractivity contribution in [3.63, 3.8) is 0 Å². The Morgan fingerprint density at radius 1 is 1.33 bits per heavy atom. The third kappa shape index (κ3) is 7.87. The SMILES string of the molecule is CC(C)(C)OC(=O)NCCCNCc1ccc(Cl)cc1F. The summed E-state index contributed by atoms with van der Waals surface area (Å²) in [5, 5.41) is 6.16. The van der Waals surface area contributed by atoms with Crippen LogP contribution in [0.15, 0.2) is 18.2 Å². The van der Waals surface area contributed by atoms with Gasteiger partial charge in [0.1, 0.15) is 11.4 Å². The molecule has 1 amide bonds. The maximum absolute atomic E-state index is 13.5. The first-order valence-electron chi connectivity index (χ1n) is 6.89. The van der Waals surface area contributed by atoms with E-state index in [1.54, 1.807) is 12.1 Å². The fourth-order valence-electron chi connectivity index (χ4n) is 1.61. The van der Waals surface area contributed by atoms with Gasteiger partial charge in [-0.25, -0.2) is 9.18 Å². The Morgan fingerprint density at radius 2 is 2.05 bits per heavy atom. The molecule has 0 aliphatic carbocycles. The second-order valence-electron chi connectivity index (χ2n) is 5.69. The molecule has 0 fully saturated rings. The summed E-state index contributed by atoms with van der Waals surface area (Å²) < 4.78 is 18.6. The van der Waals surface area contributed by atoms with Crippen LogP contribution in [0.4, 0.5) is 9.18 Å². The van der Waals surface area contributed by atoms with Crippen LogP contribution in [-0.2, 0) is 11.3 Å². The second kappa shape index (κ2) is 8.20. The molecule has 1 rings (SSSR count). The van der Waals surface area contributed by atoms with Gasteiger partial charge in [-0.3, -0.25) is 0 Å². The van der Waals surface area contributed by atoms with E-state index in [4.69, 9.17) is 16.3 Å². The van der Waals surface area contributed by atoms with E-state index >= 15 is 0 Å². The zero-order valence-electron chi connectivity index (χ0n) is 12.6. The molecule has 0 spiro atoms. The fourth-order valence-corrected chi connectivity index (χ4v) is 1.76. The molecule has 2 N–H and O–H groups in total. The highest BCUT2D eigenvalue weighted by Gasteiger charge is 2.15. The largest absolute Gasteiger partial charge is 0.444 e. The van der Waals surface area contributed by atoms with Crippen molar-refractivity contribution in [1.29, 1.82) is 0 Å². The summed E-state index contributed by atoms with van der Waals surface area (Å²) in [5.41, 5.74) is 0.0774. The highest BCUT2D eigenvalue weighted by Crippen LogP contribution is 2.14. The van der Waals surface area contributed by atoms with Gasteiger partial charge in [-0.2, -0.15) is 0 Å². The van der Waals surface area contributed by atoms with Gasteiger partial charge in [0.2, 0.25) is 0 Å². The molecular formula is C15H22ClFN2O2. The molecule has 1 aromatic rings. The predicted octanol–water partition coefficient (Wildman–Crippen LogP) is 3.48. The van der Waals surface area contributed by atoms with Gasteiger partial charge in [-0.15, -0.1) is 0 Å². The van der Waals surface area contributed by atoms with Crippen LogP contribution < -0.4 is 10.6 Å². The monoisotopic (exact) mass is 316 g/mol. The maximum Gasteiger partial charge on any atom is 0.407 e. The molecule has 0 aromatic heterocycles. The Balaban J connectivity index is 2.13. The van der Waals surface area contributed by atoms with E-state index in [1.165, 1.54) is 6.07 Å². The minimum Gasteiger partial charge on any atom is -0.444 e. The Bertz CT molecular complexity index is 475. The van der Waals surface area contributed by atoms with Crippen LogP contribution in [0.3, 0.4) is 0 Å². The van der Waals surface area contributed by atoms with Crippen LogP contribution in [0.1, 0.15) is 32.8 Å². The van der Waals surface area contributed by atoms with Crippen LogP contribution in [0.5, 0.6) is 0 Å². The smallest absolute Gasteiger partial charge is 0.407 e. The number of hydrogen-bond donors (Lipinski definition) is 2. The van der Waals surface area contributed by atoms with E-state index in [0.29, 0.717) is 30.2 Å². The number of hydrogen-bond acceptors (Lipinski definition) is 3. The molecule has 0 bridgehead atoms. The molecule has 1 aromatic carbocycles. The summed E-state index contributed by atoms with van der Waals surface area (Å²) in [6.07, 6.45) is 0.306. The Labute approximate surface area is 130 Å². The number of ether oxygens (including phenoxy) is 1. The van der Waals surface area contributed by atoms with E-state index in [1.807, 2.05) is 20.8 Å². The summed E-state index contributed by atoms with van der Waals surface area (Å²) in [6.45, 7) is 7.04. The quantitative estimate of drug-likeness (QED) is 0.790. The average molecular weight is 317 g/mol. The zero-order valence-corrected chi connectivity index (χ0v) is 13.4. The van der Waals surface area contributed by atoms with Crippen molar-refractivity contribution in [1.82, 2.24) is 10.6 Å². The third-order valence-electron chi connectivity index (χ3n) is 2.53. The van der Waals surface area contributed by atoms with Crippen molar-refractivity contribution in [2.24, 2.45) is 0 Å². The molecular weight excluding hydrogens is 295 g/mol. The van der Waals surface area contributed by atoms with Gasteiger partial charge in [0, 0.05) is 23.7 Å². The van der Waals surface area contributed by atoms with Gasteiger partial charge < -0.3 is 15.4 Å². The standard InChI is InChI=1S/C15H22ClFN2O2/c1-15(2,3)21-14(20)19-8-4-7-18-10-11-5-6-12(16)9-13(11)17/h5-6,9,18H,4,7-8,10H2,1-3H3,(H,19,20). The molecule has 0 unspecified atom stereocenters. The lowest BCUT2D eigenvalue weighted by molar-refractivity contribution is 0.0527. The van der Waals surface area contributed by atoms with Crippen molar-refractivity contribution < 1.29 is 13.9 Å². The first-order chi connectivity index (χ1) is 9.78. The lowest BCUT2D eigenvalue weighted by Gasteiger charge is -2.19. The minimum absolute atomic E-state index is 0.318. The number of halogens is 2. The number of nitrogens with one attached hydrogen (secondary N) is 2.